The van der Waals surface area contributed by atoms with Gasteiger partial charge < -0.3 is 0 Å². The van der Waals surface area contributed by atoms with Gasteiger partial charge in [0.2, 0.25) is 5.85 Å². The van der Waals surface area contributed by atoms with Crippen molar-refractivity contribution in [3.8, 4) is 24.3 Å². The molecule has 21 heavy (non-hydrogen) atoms. The lowest BCUT2D eigenvalue weighted by Gasteiger charge is -2.36. The van der Waals surface area contributed by atoms with Crippen molar-refractivity contribution in [1.82, 2.24) is 10.6 Å². The van der Waals surface area contributed by atoms with E-state index in [0.29, 0.717) is 0 Å². The molecule has 0 aromatic heterocycles. The van der Waals surface area contributed by atoms with Crippen LogP contribution in [0.15, 0.2) is 0 Å². The molecular formula is C12H16N6O3. The fourth-order valence-electron chi connectivity index (χ4n) is 1.33. The minimum Gasteiger partial charge on any atom is -0.244 e. The van der Waals surface area contributed by atoms with Crippen LogP contribution in [0.25, 0.3) is 0 Å². The minimum absolute atomic E-state index is 0.178. The van der Waals surface area contributed by atoms with Crippen LogP contribution in [0.4, 0.5) is 0 Å². The van der Waals surface area contributed by atoms with Gasteiger partial charge in [-0.3, -0.25) is 0 Å². The van der Waals surface area contributed by atoms with E-state index in [1.807, 2.05) is 0 Å². The number of hydrogen-bond acceptors (Lipinski definition) is 9. The third-order valence-corrected chi connectivity index (χ3v) is 2.24. The summed E-state index contributed by atoms with van der Waals surface area (Å²) in [6.45, 7) is 5.76. The first-order valence-electron chi connectivity index (χ1n) is 5.93. The predicted octanol–water partition coefficient (Wildman–Crippen LogP) is 0.351. The number of rotatable bonds is 8. The zero-order chi connectivity index (χ0) is 16.6. The number of nitrogens with one attached hydrogen (secondary N) is 2. The second-order valence-electron chi connectivity index (χ2n) is 4.54. The van der Waals surface area contributed by atoms with Gasteiger partial charge in [-0.15, -0.1) is 0 Å². The average molecular weight is 292 g/mol. The molecule has 0 unspecified atom stereocenters. The number of hydrogen-bond donors (Lipinski definition) is 2. The van der Waals surface area contributed by atoms with E-state index in [0.717, 1.165) is 0 Å². The fraction of sp³-hybridized carbons (Fsp3) is 0.667. The summed E-state index contributed by atoms with van der Waals surface area (Å²) in [5, 5.41) is 45.6. The second kappa shape index (κ2) is 7.52. The lowest BCUT2D eigenvalue weighted by atomic mass is 10.0. The van der Waals surface area contributed by atoms with Gasteiger partial charge in [-0.1, -0.05) is 5.04 Å². The van der Waals surface area contributed by atoms with E-state index in [1.165, 1.54) is 20.8 Å². The van der Waals surface area contributed by atoms with Crippen LogP contribution in [-0.4, -0.2) is 23.5 Å². The molecule has 0 aromatic rings. The summed E-state index contributed by atoms with van der Waals surface area (Å²) in [6, 6.07) is 6.97. The van der Waals surface area contributed by atoms with E-state index in [4.69, 9.17) is 25.9 Å². The van der Waals surface area contributed by atoms with Gasteiger partial charge in [-0.05, 0) is 27.7 Å². The number of nitrogens with zero attached hydrogens (tertiary/aromatic N) is 4. The van der Waals surface area contributed by atoms with Crippen molar-refractivity contribution in [3.05, 3.63) is 0 Å². The predicted molar refractivity (Wildman–Crippen MR) is 67.7 cm³/mol. The van der Waals surface area contributed by atoms with Gasteiger partial charge in [0.15, 0.2) is 11.1 Å². The molecule has 0 spiro atoms. The Bertz CT molecular complexity index is 453. The van der Waals surface area contributed by atoms with Gasteiger partial charge in [0, 0.05) is 0 Å². The Morgan fingerprint density at radius 1 is 0.857 bits per heavy atom. The van der Waals surface area contributed by atoms with Crippen molar-refractivity contribution >= 4 is 0 Å². The number of nitriles is 4. The van der Waals surface area contributed by atoms with E-state index >= 15 is 0 Å². The zero-order valence-electron chi connectivity index (χ0n) is 12.2. The maximum absolute atomic E-state index is 9.01. The van der Waals surface area contributed by atoms with E-state index in [-0.39, 0.29) is 6.61 Å². The van der Waals surface area contributed by atoms with Crippen LogP contribution < -0.4 is 10.6 Å². The average Bonchev–Trinajstić information content (AvgIpc) is 2.47. The SMILES string of the molecule is CCOOOC(C)(NC(C)(C#N)C#N)NC(C)(C#N)C#N. The van der Waals surface area contributed by atoms with Crippen LogP contribution in [0, 0.1) is 45.3 Å². The van der Waals surface area contributed by atoms with Crippen molar-refractivity contribution in [2.75, 3.05) is 6.61 Å². The van der Waals surface area contributed by atoms with Crippen LogP contribution in [0.5, 0.6) is 0 Å². The summed E-state index contributed by atoms with van der Waals surface area (Å²) in [5.74, 6) is -1.71. The molecule has 0 atom stereocenters. The van der Waals surface area contributed by atoms with Crippen LogP contribution in [-0.2, 0) is 14.8 Å². The third-order valence-electron chi connectivity index (χ3n) is 2.24. The summed E-state index contributed by atoms with van der Waals surface area (Å²) in [6.07, 6.45) is 0. The molecule has 0 aliphatic heterocycles. The largest absolute Gasteiger partial charge is 0.244 e. The molecule has 9 heteroatoms. The summed E-state index contributed by atoms with van der Waals surface area (Å²) < 4.78 is 0. The lowest BCUT2D eigenvalue weighted by molar-refractivity contribution is -0.549. The topological polar surface area (TPSA) is 147 Å². The summed E-state index contributed by atoms with van der Waals surface area (Å²) in [5.41, 5.74) is -3.30. The summed E-state index contributed by atoms with van der Waals surface area (Å²) in [7, 11) is 0. The Balaban J connectivity index is 5.31. The first kappa shape index (κ1) is 18.8. The minimum atomic E-state index is -1.71. The Morgan fingerprint density at radius 3 is 1.52 bits per heavy atom. The van der Waals surface area contributed by atoms with E-state index in [9.17, 15) is 0 Å². The van der Waals surface area contributed by atoms with Crippen molar-refractivity contribution < 1.29 is 14.8 Å². The molecule has 9 nitrogen and oxygen atoms in total. The normalized spacial score (nSPS) is 11.8. The molecule has 112 valence electrons. The highest BCUT2D eigenvalue weighted by atomic mass is 17.5. The van der Waals surface area contributed by atoms with Crippen molar-refractivity contribution in [2.24, 2.45) is 0 Å². The molecule has 0 fully saturated rings. The molecule has 2 N–H and O–H groups in total. The van der Waals surface area contributed by atoms with Crippen molar-refractivity contribution in [2.45, 2.75) is 44.6 Å². The second-order valence-corrected chi connectivity index (χ2v) is 4.54. The highest BCUT2D eigenvalue weighted by Gasteiger charge is 2.42. The Morgan fingerprint density at radius 2 is 1.24 bits per heavy atom. The monoisotopic (exact) mass is 292 g/mol. The van der Waals surface area contributed by atoms with Crippen molar-refractivity contribution in [1.29, 1.82) is 21.0 Å². The quantitative estimate of drug-likeness (QED) is 0.280. The Labute approximate surface area is 123 Å². The Kier molecular flexibility index (Phi) is 6.72. The van der Waals surface area contributed by atoms with Crippen molar-refractivity contribution in [3.63, 3.8) is 0 Å². The summed E-state index contributed by atoms with van der Waals surface area (Å²) >= 11 is 0. The highest BCUT2D eigenvalue weighted by molar-refractivity contribution is 5.23. The molecule has 0 saturated carbocycles. The molecule has 0 aliphatic rings. The van der Waals surface area contributed by atoms with Gasteiger partial charge in [-0.2, -0.15) is 25.9 Å². The molecule has 0 amide bonds. The van der Waals surface area contributed by atoms with Crippen LogP contribution in [0.3, 0.4) is 0 Å². The van der Waals surface area contributed by atoms with Gasteiger partial charge in [0.1, 0.15) is 24.3 Å². The molecule has 0 aliphatic carbocycles. The lowest BCUT2D eigenvalue weighted by Crippen LogP contribution is -2.67. The van der Waals surface area contributed by atoms with Crippen LogP contribution in [0.2, 0.25) is 0 Å². The molecule has 0 saturated heterocycles. The van der Waals surface area contributed by atoms with Gasteiger partial charge in [0.05, 0.1) is 6.61 Å². The van der Waals surface area contributed by atoms with E-state index in [1.54, 1.807) is 31.2 Å². The van der Waals surface area contributed by atoms with Crippen LogP contribution >= 0.6 is 0 Å². The summed E-state index contributed by atoms with van der Waals surface area (Å²) in [4.78, 5) is 9.48. The van der Waals surface area contributed by atoms with Gasteiger partial charge >= 0.3 is 0 Å². The first-order chi connectivity index (χ1) is 9.72. The maximum atomic E-state index is 9.01. The molecule has 0 rings (SSSR count). The standard InChI is InChI=1S/C12H16N6O3/c1-5-19-21-20-12(4,17-10(2,6-13)7-14)18-11(3,8-15)9-16/h17-18H,5H2,1-4H3. The fourth-order valence-corrected chi connectivity index (χ4v) is 1.33. The third kappa shape index (κ3) is 5.72. The molecular weight excluding hydrogens is 276 g/mol. The molecule has 0 radical (unpaired) electrons. The highest BCUT2D eigenvalue weighted by Crippen LogP contribution is 2.15. The van der Waals surface area contributed by atoms with Crippen LogP contribution in [0.1, 0.15) is 27.7 Å². The smallest absolute Gasteiger partial charge is 0.212 e. The van der Waals surface area contributed by atoms with Gasteiger partial charge in [0.25, 0.3) is 0 Å². The molecule has 0 aromatic carbocycles. The zero-order valence-corrected chi connectivity index (χ0v) is 12.2. The van der Waals surface area contributed by atoms with Gasteiger partial charge in [-0.25, -0.2) is 15.5 Å². The molecule has 0 heterocycles. The van der Waals surface area contributed by atoms with E-state index < -0.39 is 16.9 Å². The first-order valence-corrected chi connectivity index (χ1v) is 5.93. The Hall–Kier alpha value is -2.24. The van der Waals surface area contributed by atoms with E-state index in [2.05, 4.69) is 20.6 Å². The molecule has 0 bridgehead atoms. The maximum Gasteiger partial charge on any atom is 0.212 e.